The standard InChI is InChI=1S/C24H27FN4O3/c25-19-3-1-4-20(15-19)26-23(31)17-28-13-11-27(12-14-28)16-22(30)18-6-8-21(9-7-18)29-10-2-5-24(29)32/h1,3-4,6-9,15H,2,5,10-14,16-17H2,(H,26,31). The number of carbonyl (C=O) groups excluding carboxylic acids is 3. The smallest absolute Gasteiger partial charge is 0.238 e. The van der Waals surface area contributed by atoms with Crippen LogP contribution in [0.15, 0.2) is 48.5 Å². The predicted octanol–water partition coefficient (Wildman–Crippen LogP) is 2.39. The minimum Gasteiger partial charge on any atom is -0.325 e. The normalized spacial score (nSPS) is 17.5. The SMILES string of the molecule is O=C(CN1CCN(CC(=O)c2ccc(N3CCCC3=O)cc2)CC1)Nc1cccc(F)c1. The summed E-state index contributed by atoms with van der Waals surface area (Å²) in [7, 11) is 0. The van der Waals surface area contributed by atoms with Gasteiger partial charge in [0.2, 0.25) is 11.8 Å². The molecule has 2 amide bonds. The highest BCUT2D eigenvalue weighted by Gasteiger charge is 2.23. The summed E-state index contributed by atoms with van der Waals surface area (Å²) in [5.41, 5.74) is 1.92. The highest BCUT2D eigenvalue weighted by Crippen LogP contribution is 2.22. The molecule has 0 saturated carbocycles. The molecule has 0 spiro atoms. The molecule has 168 valence electrons. The zero-order valence-corrected chi connectivity index (χ0v) is 17.9. The van der Waals surface area contributed by atoms with Gasteiger partial charge in [-0.2, -0.15) is 0 Å². The third-order valence-electron chi connectivity index (χ3n) is 5.88. The van der Waals surface area contributed by atoms with Crippen molar-refractivity contribution in [3.8, 4) is 0 Å². The molecule has 2 aliphatic rings. The number of benzene rings is 2. The molecule has 0 aliphatic carbocycles. The van der Waals surface area contributed by atoms with Crippen LogP contribution in [0.5, 0.6) is 0 Å². The number of Topliss-reactive ketones (excluding diaryl/α,β-unsaturated/α-hetero) is 1. The Morgan fingerprint density at radius 3 is 2.22 bits per heavy atom. The molecule has 0 radical (unpaired) electrons. The maximum Gasteiger partial charge on any atom is 0.238 e. The zero-order valence-electron chi connectivity index (χ0n) is 17.9. The summed E-state index contributed by atoms with van der Waals surface area (Å²) >= 11 is 0. The van der Waals surface area contributed by atoms with Crippen LogP contribution in [-0.4, -0.2) is 73.2 Å². The molecule has 2 heterocycles. The fraction of sp³-hybridized carbons (Fsp3) is 0.375. The first-order valence-electron chi connectivity index (χ1n) is 10.9. The van der Waals surface area contributed by atoms with Gasteiger partial charge >= 0.3 is 0 Å². The van der Waals surface area contributed by atoms with Crippen molar-refractivity contribution < 1.29 is 18.8 Å². The van der Waals surface area contributed by atoms with Crippen LogP contribution in [0, 0.1) is 5.82 Å². The van der Waals surface area contributed by atoms with Gasteiger partial charge in [-0.1, -0.05) is 6.07 Å². The van der Waals surface area contributed by atoms with Crippen LogP contribution in [-0.2, 0) is 9.59 Å². The number of carbonyl (C=O) groups is 3. The van der Waals surface area contributed by atoms with E-state index in [-0.39, 0.29) is 30.0 Å². The Morgan fingerprint density at radius 2 is 1.59 bits per heavy atom. The zero-order chi connectivity index (χ0) is 22.5. The molecule has 32 heavy (non-hydrogen) atoms. The highest BCUT2D eigenvalue weighted by atomic mass is 19.1. The predicted molar refractivity (Wildman–Crippen MR) is 120 cm³/mol. The number of nitrogens with one attached hydrogen (secondary N) is 1. The Labute approximate surface area is 186 Å². The summed E-state index contributed by atoms with van der Waals surface area (Å²) in [6.45, 7) is 4.04. The number of amides is 2. The van der Waals surface area contributed by atoms with Crippen molar-refractivity contribution in [3.05, 3.63) is 59.9 Å². The molecule has 4 rings (SSSR count). The van der Waals surface area contributed by atoms with Crippen LogP contribution in [0.25, 0.3) is 0 Å². The van der Waals surface area contributed by atoms with E-state index in [0.717, 1.165) is 18.7 Å². The van der Waals surface area contributed by atoms with Gasteiger partial charge in [0.05, 0.1) is 13.1 Å². The van der Waals surface area contributed by atoms with Gasteiger partial charge in [-0.25, -0.2) is 4.39 Å². The Morgan fingerprint density at radius 1 is 0.906 bits per heavy atom. The first-order chi connectivity index (χ1) is 15.5. The Bertz CT molecular complexity index is 987. The average Bonchev–Trinajstić information content (AvgIpc) is 3.21. The number of hydrogen-bond acceptors (Lipinski definition) is 5. The van der Waals surface area contributed by atoms with E-state index in [0.29, 0.717) is 50.4 Å². The van der Waals surface area contributed by atoms with Crippen molar-refractivity contribution in [2.24, 2.45) is 0 Å². The quantitative estimate of drug-likeness (QED) is 0.672. The summed E-state index contributed by atoms with van der Waals surface area (Å²) < 4.78 is 13.2. The fourth-order valence-electron chi connectivity index (χ4n) is 4.12. The van der Waals surface area contributed by atoms with E-state index in [4.69, 9.17) is 0 Å². The monoisotopic (exact) mass is 438 g/mol. The van der Waals surface area contributed by atoms with Gasteiger partial charge in [0.25, 0.3) is 0 Å². The van der Waals surface area contributed by atoms with Gasteiger partial charge in [0, 0.05) is 56.1 Å². The second kappa shape index (κ2) is 10.0. The lowest BCUT2D eigenvalue weighted by Gasteiger charge is -2.33. The molecule has 1 N–H and O–H groups in total. The summed E-state index contributed by atoms with van der Waals surface area (Å²) in [6, 6.07) is 13.1. The van der Waals surface area contributed by atoms with Gasteiger partial charge in [-0.3, -0.25) is 24.2 Å². The van der Waals surface area contributed by atoms with Crippen molar-refractivity contribution >= 4 is 29.0 Å². The summed E-state index contributed by atoms with van der Waals surface area (Å²) in [4.78, 5) is 42.6. The van der Waals surface area contributed by atoms with E-state index in [9.17, 15) is 18.8 Å². The molecule has 0 aromatic heterocycles. The van der Waals surface area contributed by atoms with Crippen LogP contribution in [0.2, 0.25) is 0 Å². The van der Waals surface area contributed by atoms with E-state index in [1.54, 1.807) is 29.2 Å². The molecule has 2 fully saturated rings. The molecule has 0 bridgehead atoms. The second-order valence-corrected chi connectivity index (χ2v) is 8.23. The van der Waals surface area contributed by atoms with Crippen molar-refractivity contribution in [2.45, 2.75) is 12.8 Å². The summed E-state index contributed by atoms with van der Waals surface area (Å²) in [5, 5.41) is 2.71. The number of hydrogen-bond donors (Lipinski definition) is 1. The van der Waals surface area contributed by atoms with Gasteiger partial charge in [0.1, 0.15) is 5.82 Å². The molecule has 0 atom stereocenters. The van der Waals surface area contributed by atoms with Gasteiger partial charge in [-0.05, 0) is 48.9 Å². The maximum absolute atomic E-state index is 13.2. The van der Waals surface area contributed by atoms with Crippen LogP contribution >= 0.6 is 0 Å². The third kappa shape index (κ3) is 5.57. The van der Waals surface area contributed by atoms with Crippen LogP contribution in [0.4, 0.5) is 15.8 Å². The fourth-order valence-corrected chi connectivity index (χ4v) is 4.12. The number of halogens is 1. The van der Waals surface area contributed by atoms with Crippen molar-refractivity contribution in [1.82, 2.24) is 9.80 Å². The Balaban J connectivity index is 1.22. The lowest BCUT2D eigenvalue weighted by Crippen LogP contribution is -2.49. The average molecular weight is 439 g/mol. The molecule has 7 nitrogen and oxygen atoms in total. The maximum atomic E-state index is 13.2. The van der Waals surface area contributed by atoms with Crippen molar-refractivity contribution in [2.75, 3.05) is 56.0 Å². The molecule has 2 saturated heterocycles. The molecule has 8 heteroatoms. The van der Waals surface area contributed by atoms with Crippen LogP contribution < -0.4 is 10.2 Å². The van der Waals surface area contributed by atoms with E-state index in [1.807, 2.05) is 17.0 Å². The van der Waals surface area contributed by atoms with Gasteiger partial charge in [-0.15, -0.1) is 0 Å². The van der Waals surface area contributed by atoms with Crippen molar-refractivity contribution in [3.63, 3.8) is 0 Å². The van der Waals surface area contributed by atoms with Crippen molar-refractivity contribution in [1.29, 1.82) is 0 Å². The molecule has 2 aliphatic heterocycles. The highest BCUT2D eigenvalue weighted by molar-refractivity contribution is 5.99. The first kappa shape index (κ1) is 22.1. The minimum absolute atomic E-state index is 0.0431. The first-order valence-corrected chi connectivity index (χ1v) is 10.9. The third-order valence-corrected chi connectivity index (χ3v) is 5.88. The molecule has 0 unspecified atom stereocenters. The number of ketones is 1. The number of rotatable bonds is 7. The second-order valence-electron chi connectivity index (χ2n) is 8.23. The topological polar surface area (TPSA) is 73.0 Å². The van der Waals surface area contributed by atoms with Crippen LogP contribution in [0.3, 0.4) is 0 Å². The van der Waals surface area contributed by atoms with E-state index in [2.05, 4.69) is 10.2 Å². The van der Waals surface area contributed by atoms with E-state index in [1.165, 1.54) is 12.1 Å². The molecular weight excluding hydrogens is 411 g/mol. The lowest BCUT2D eigenvalue weighted by molar-refractivity contribution is -0.118. The molecule has 2 aromatic carbocycles. The number of nitrogens with zero attached hydrogens (tertiary/aromatic N) is 3. The van der Waals surface area contributed by atoms with Gasteiger partial charge in [0.15, 0.2) is 5.78 Å². The number of anilines is 2. The van der Waals surface area contributed by atoms with E-state index >= 15 is 0 Å². The summed E-state index contributed by atoms with van der Waals surface area (Å²) in [5.74, 6) is -0.398. The Kier molecular flexibility index (Phi) is 6.92. The van der Waals surface area contributed by atoms with Crippen LogP contribution in [0.1, 0.15) is 23.2 Å². The molecular formula is C24H27FN4O3. The minimum atomic E-state index is -0.389. The molecule has 2 aromatic rings. The lowest BCUT2D eigenvalue weighted by atomic mass is 10.1. The van der Waals surface area contributed by atoms with Gasteiger partial charge < -0.3 is 10.2 Å². The Hall–Kier alpha value is -3.10. The number of piperazine rings is 1. The van der Waals surface area contributed by atoms with E-state index < -0.39 is 0 Å². The summed E-state index contributed by atoms with van der Waals surface area (Å²) in [6.07, 6.45) is 1.46. The largest absolute Gasteiger partial charge is 0.325 e.